The summed E-state index contributed by atoms with van der Waals surface area (Å²) in [5, 5.41) is 2.28. The summed E-state index contributed by atoms with van der Waals surface area (Å²) in [4.78, 5) is 25.4. The Morgan fingerprint density at radius 2 is 1.93 bits per heavy atom. The highest BCUT2D eigenvalue weighted by Gasteiger charge is 2.35. The van der Waals surface area contributed by atoms with Crippen LogP contribution < -0.4 is 14.8 Å². The Hall–Kier alpha value is -2.05. The zero-order valence-electron chi connectivity index (χ0n) is 14.9. The van der Waals surface area contributed by atoms with Crippen LogP contribution in [0.3, 0.4) is 0 Å². The third kappa shape index (κ3) is 4.45. The van der Waals surface area contributed by atoms with Gasteiger partial charge in [-0.2, -0.15) is 15.0 Å². The van der Waals surface area contributed by atoms with Gasteiger partial charge in [-0.1, -0.05) is 6.07 Å². The number of hydrogen-bond acceptors (Lipinski definition) is 9. The Labute approximate surface area is 165 Å². The fourth-order valence-corrected chi connectivity index (χ4v) is 6.51. The van der Waals surface area contributed by atoms with E-state index in [1.807, 2.05) is 24.6 Å². The smallest absolute Gasteiger partial charge is 0.335 e. The number of nitrogens with one attached hydrogen (secondary N) is 2. The molecule has 12 heteroatoms. The first kappa shape index (κ1) is 19.7. The second-order valence-corrected chi connectivity index (χ2v) is 11.1. The molecule has 2 amide bonds. The molecule has 1 aromatic carbocycles. The summed E-state index contributed by atoms with van der Waals surface area (Å²) in [5.41, 5.74) is 0. The summed E-state index contributed by atoms with van der Waals surface area (Å²) in [6.45, 7) is 5.61. The molecule has 1 aliphatic rings. The van der Waals surface area contributed by atoms with E-state index in [2.05, 4.69) is 20.3 Å². The number of methoxy groups -OCH3 is 1. The summed E-state index contributed by atoms with van der Waals surface area (Å²) >= 11 is 3.03. The number of carbonyl (C=O) groups is 1. The predicted octanol–water partition coefficient (Wildman–Crippen LogP) is 2.63. The highest BCUT2D eigenvalue weighted by Crippen LogP contribution is 2.56. The molecule has 0 fully saturated rings. The highest BCUT2D eigenvalue weighted by atomic mass is 32.2. The molecule has 0 saturated carbocycles. The Kier molecular flexibility index (Phi) is 5.23. The molecule has 0 bridgehead atoms. The molecule has 0 saturated heterocycles. The third-order valence-electron chi connectivity index (χ3n) is 3.30. The minimum Gasteiger partial charge on any atom is -0.467 e. The first-order chi connectivity index (χ1) is 12.6. The van der Waals surface area contributed by atoms with Crippen LogP contribution in [0.1, 0.15) is 19.7 Å². The summed E-state index contributed by atoms with van der Waals surface area (Å²) in [6, 6.07) is 4.02. The van der Waals surface area contributed by atoms with Gasteiger partial charge in [-0.25, -0.2) is 17.9 Å². The topological polar surface area (TPSA) is 123 Å². The number of nitrogens with zero attached hydrogens (tertiary/aromatic N) is 3. The van der Waals surface area contributed by atoms with Gasteiger partial charge in [-0.05, 0) is 32.9 Å². The van der Waals surface area contributed by atoms with Gasteiger partial charge in [-0.15, -0.1) is 23.5 Å². The van der Waals surface area contributed by atoms with E-state index in [0.29, 0.717) is 10.7 Å². The summed E-state index contributed by atoms with van der Waals surface area (Å²) in [5.74, 6) is 0.202. The van der Waals surface area contributed by atoms with Crippen molar-refractivity contribution in [1.29, 1.82) is 0 Å². The number of aromatic nitrogens is 3. The van der Waals surface area contributed by atoms with Crippen molar-refractivity contribution in [1.82, 2.24) is 19.7 Å². The number of ether oxygens (including phenoxy) is 1. The average molecular weight is 428 g/mol. The minimum atomic E-state index is -4.08. The molecular formula is C15H17N5O4S3. The van der Waals surface area contributed by atoms with Crippen molar-refractivity contribution in [2.24, 2.45) is 0 Å². The number of urea groups is 1. The number of thioether (sulfide) groups is 2. The van der Waals surface area contributed by atoms with E-state index in [9.17, 15) is 13.2 Å². The van der Waals surface area contributed by atoms with Crippen LogP contribution >= 0.6 is 23.5 Å². The number of fused-ring (bicyclic) bond motifs is 1. The molecule has 0 spiro atoms. The van der Waals surface area contributed by atoms with Gasteiger partial charge in [0, 0.05) is 9.79 Å². The quantitative estimate of drug-likeness (QED) is 0.758. The summed E-state index contributed by atoms with van der Waals surface area (Å²) < 4.78 is 32.2. The van der Waals surface area contributed by atoms with Gasteiger partial charge in [0.15, 0.2) is 0 Å². The lowest BCUT2D eigenvalue weighted by Crippen LogP contribution is -2.35. The molecule has 0 radical (unpaired) electrons. The highest BCUT2D eigenvalue weighted by molar-refractivity contribution is 8.20. The molecule has 3 rings (SSSR count). The fraction of sp³-hybridized carbons (Fsp3) is 0.333. The lowest BCUT2D eigenvalue weighted by molar-refractivity contribution is 0.256. The number of aryl methyl sites for hydroxylation is 1. The SMILES string of the molecule is COc1nc(C)nc(NC(=O)NS(=O)(=O)c2cccc3c2SC(C)(C)S3)n1. The average Bonchev–Trinajstić information content (AvgIpc) is 2.86. The van der Waals surface area contributed by atoms with Crippen molar-refractivity contribution >= 4 is 45.5 Å². The lowest BCUT2D eigenvalue weighted by Gasteiger charge is -2.14. The largest absolute Gasteiger partial charge is 0.467 e. The van der Waals surface area contributed by atoms with Gasteiger partial charge in [0.1, 0.15) is 10.7 Å². The van der Waals surface area contributed by atoms with Crippen LogP contribution in [0.25, 0.3) is 0 Å². The first-order valence-electron chi connectivity index (χ1n) is 7.71. The second-order valence-electron chi connectivity index (χ2n) is 5.94. The molecule has 1 aromatic heterocycles. The fourth-order valence-electron chi connectivity index (χ4n) is 2.33. The summed E-state index contributed by atoms with van der Waals surface area (Å²) in [7, 11) is -2.71. The van der Waals surface area contributed by atoms with Crippen LogP contribution in [-0.2, 0) is 10.0 Å². The number of hydrogen-bond donors (Lipinski definition) is 2. The Bertz CT molecular complexity index is 1010. The van der Waals surface area contributed by atoms with Gasteiger partial charge >= 0.3 is 12.0 Å². The van der Waals surface area contributed by atoms with E-state index in [0.717, 1.165) is 4.90 Å². The van der Waals surface area contributed by atoms with Crippen molar-refractivity contribution in [3.8, 4) is 6.01 Å². The number of sulfonamides is 1. The number of anilines is 1. The molecule has 1 aliphatic heterocycles. The molecule has 0 atom stereocenters. The number of carbonyl (C=O) groups excluding carboxylic acids is 1. The Morgan fingerprint density at radius 3 is 2.63 bits per heavy atom. The second kappa shape index (κ2) is 7.17. The molecule has 9 nitrogen and oxygen atoms in total. The van der Waals surface area contributed by atoms with Gasteiger partial charge in [0.2, 0.25) is 5.95 Å². The monoisotopic (exact) mass is 427 g/mol. The first-order valence-corrected chi connectivity index (χ1v) is 10.8. The molecule has 2 heterocycles. The van der Waals surface area contributed by atoms with Crippen molar-refractivity contribution in [2.75, 3.05) is 12.4 Å². The van der Waals surface area contributed by atoms with Gasteiger partial charge in [0.05, 0.1) is 11.2 Å². The predicted molar refractivity (Wildman–Crippen MR) is 103 cm³/mol. The van der Waals surface area contributed by atoms with E-state index in [1.54, 1.807) is 24.8 Å². The normalized spacial score (nSPS) is 15.1. The summed E-state index contributed by atoms with van der Waals surface area (Å²) in [6.07, 6.45) is 0. The van der Waals surface area contributed by atoms with Gasteiger partial charge < -0.3 is 4.74 Å². The van der Waals surface area contributed by atoms with Crippen molar-refractivity contribution in [3.05, 3.63) is 24.0 Å². The maximum atomic E-state index is 12.7. The van der Waals surface area contributed by atoms with Crippen LogP contribution in [0.5, 0.6) is 6.01 Å². The number of benzene rings is 1. The van der Waals surface area contributed by atoms with Crippen LogP contribution in [0, 0.1) is 6.92 Å². The third-order valence-corrected chi connectivity index (χ3v) is 7.62. The minimum absolute atomic E-state index is 0.0113. The molecule has 0 aliphatic carbocycles. The Balaban J connectivity index is 1.81. The molecular weight excluding hydrogens is 410 g/mol. The van der Waals surface area contributed by atoms with Gasteiger partial charge in [0.25, 0.3) is 10.0 Å². The lowest BCUT2D eigenvalue weighted by atomic mass is 10.4. The van der Waals surface area contributed by atoms with Crippen LogP contribution in [0.2, 0.25) is 0 Å². The van der Waals surface area contributed by atoms with E-state index in [4.69, 9.17) is 4.74 Å². The van der Waals surface area contributed by atoms with E-state index in [-0.39, 0.29) is 20.9 Å². The standard InChI is InChI=1S/C15H17N5O4S3/c1-8-16-12(19-14(17-8)24-4)18-13(21)20-27(22,23)10-7-5-6-9-11(10)26-15(2,3)25-9/h5-7H,1-4H3,(H2,16,17,18,19,20,21). The van der Waals surface area contributed by atoms with Crippen molar-refractivity contribution in [3.63, 3.8) is 0 Å². The molecule has 144 valence electrons. The maximum absolute atomic E-state index is 12.7. The molecule has 0 unspecified atom stereocenters. The zero-order chi connectivity index (χ0) is 19.8. The number of rotatable bonds is 4. The maximum Gasteiger partial charge on any atom is 0.335 e. The molecule has 27 heavy (non-hydrogen) atoms. The van der Waals surface area contributed by atoms with Crippen LogP contribution in [0.4, 0.5) is 10.7 Å². The number of amides is 2. The Morgan fingerprint density at radius 1 is 1.19 bits per heavy atom. The van der Waals surface area contributed by atoms with Crippen molar-refractivity contribution < 1.29 is 17.9 Å². The zero-order valence-corrected chi connectivity index (χ0v) is 17.4. The van der Waals surface area contributed by atoms with E-state index in [1.165, 1.54) is 24.9 Å². The van der Waals surface area contributed by atoms with E-state index >= 15 is 0 Å². The van der Waals surface area contributed by atoms with Crippen molar-refractivity contribution in [2.45, 2.75) is 39.5 Å². The van der Waals surface area contributed by atoms with E-state index < -0.39 is 16.1 Å². The van der Waals surface area contributed by atoms with Crippen LogP contribution in [-0.4, -0.2) is 40.6 Å². The molecule has 2 N–H and O–H groups in total. The molecule has 2 aromatic rings. The van der Waals surface area contributed by atoms with Gasteiger partial charge in [-0.3, -0.25) is 5.32 Å². The van der Waals surface area contributed by atoms with Crippen LogP contribution in [0.15, 0.2) is 32.9 Å².